The molecule has 21 heavy (non-hydrogen) atoms. The molecule has 0 aliphatic heterocycles. The fraction of sp³-hybridized carbons (Fsp3) is 0.571. The Balaban J connectivity index is 2.37. The molecule has 120 valence electrons. The van der Waals surface area contributed by atoms with E-state index in [4.69, 9.17) is 14.2 Å². The average Bonchev–Trinajstić information content (AvgIpc) is 2.46. The number of methoxy groups -OCH3 is 2. The number of benzene rings is 1. The van der Waals surface area contributed by atoms with Gasteiger partial charge < -0.3 is 24.3 Å². The molecule has 0 spiro atoms. The zero-order chi connectivity index (χ0) is 15.5. The first-order chi connectivity index (χ1) is 10.2. The van der Waals surface area contributed by atoms with Crippen LogP contribution in [0.5, 0.6) is 11.5 Å². The number of hydrogen-bond acceptors (Lipinski definition) is 5. The second-order valence-electron chi connectivity index (χ2n) is 4.15. The van der Waals surface area contributed by atoms with E-state index in [1.54, 1.807) is 19.2 Å². The monoisotopic (exact) mass is 305 g/mol. The average molecular weight is 305 g/mol. The molecule has 0 aromatic heterocycles. The van der Waals surface area contributed by atoms with Crippen molar-refractivity contribution in [1.82, 2.24) is 5.32 Å². The normalized spacial score (nSPS) is 10.9. The van der Waals surface area contributed by atoms with E-state index in [1.807, 2.05) is 0 Å². The molecule has 0 aliphatic carbocycles. The molecule has 0 radical (unpaired) electrons. The van der Waals surface area contributed by atoms with E-state index in [2.05, 4.69) is 10.1 Å². The number of ether oxygens (including phenoxy) is 4. The lowest BCUT2D eigenvalue weighted by atomic mass is 10.2. The van der Waals surface area contributed by atoms with Gasteiger partial charge >= 0.3 is 6.61 Å². The molecule has 0 saturated heterocycles. The van der Waals surface area contributed by atoms with Crippen LogP contribution in [-0.4, -0.2) is 47.2 Å². The van der Waals surface area contributed by atoms with Gasteiger partial charge in [0.05, 0.1) is 26.9 Å². The van der Waals surface area contributed by atoms with Gasteiger partial charge in [0.15, 0.2) is 11.5 Å². The molecule has 7 heteroatoms. The Morgan fingerprint density at radius 2 is 1.90 bits per heavy atom. The van der Waals surface area contributed by atoms with Gasteiger partial charge in [0, 0.05) is 20.2 Å². The van der Waals surface area contributed by atoms with Crippen LogP contribution in [0, 0.1) is 0 Å². The summed E-state index contributed by atoms with van der Waals surface area (Å²) < 4.78 is 44.1. The maximum atomic E-state index is 12.3. The summed E-state index contributed by atoms with van der Waals surface area (Å²) in [4.78, 5) is 0. The molecular formula is C14H21F2NO4. The largest absolute Gasteiger partial charge is 0.493 e. The summed E-state index contributed by atoms with van der Waals surface area (Å²) in [5, 5.41) is 3.15. The van der Waals surface area contributed by atoms with Gasteiger partial charge in [-0.25, -0.2) is 0 Å². The summed E-state index contributed by atoms with van der Waals surface area (Å²) in [5.74, 6) is 0.310. The molecule has 0 aliphatic rings. The van der Waals surface area contributed by atoms with Crippen LogP contribution in [0.15, 0.2) is 18.2 Å². The Bertz CT molecular complexity index is 405. The molecule has 1 N–H and O–H groups in total. The van der Waals surface area contributed by atoms with Gasteiger partial charge in [0.2, 0.25) is 0 Å². The van der Waals surface area contributed by atoms with Gasteiger partial charge in [-0.1, -0.05) is 6.07 Å². The molecule has 0 amide bonds. The minimum Gasteiger partial charge on any atom is -0.493 e. The molecule has 1 aromatic carbocycles. The molecule has 0 bridgehead atoms. The Labute approximate surface area is 123 Å². The number of rotatable bonds is 11. The van der Waals surface area contributed by atoms with Crippen LogP contribution in [0.1, 0.15) is 5.56 Å². The predicted octanol–water partition coefficient (Wildman–Crippen LogP) is 2.05. The summed E-state index contributed by atoms with van der Waals surface area (Å²) in [6.45, 7) is -0.0334. The standard InChI is InChI=1S/C14H21F2NO4/c1-18-7-8-20-6-5-17-10-11-3-4-12(19-2)13(9-11)21-14(15)16/h3-4,9,14,17H,5-8,10H2,1-2H3. The Kier molecular flexibility index (Phi) is 8.65. The summed E-state index contributed by atoms with van der Waals surface area (Å²) in [5.41, 5.74) is 0.823. The summed E-state index contributed by atoms with van der Waals surface area (Å²) in [6.07, 6.45) is 0. The lowest BCUT2D eigenvalue weighted by Crippen LogP contribution is -2.20. The van der Waals surface area contributed by atoms with Crippen molar-refractivity contribution in [3.8, 4) is 11.5 Å². The highest BCUT2D eigenvalue weighted by Crippen LogP contribution is 2.29. The van der Waals surface area contributed by atoms with Crippen LogP contribution in [-0.2, 0) is 16.0 Å². The van der Waals surface area contributed by atoms with Crippen LogP contribution in [0.3, 0.4) is 0 Å². The molecule has 1 aromatic rings. The maximum absolute atomic E-state index is 12.3. The first-order valence-corrected chi connectivity index (χ1v) is 6.56. The van der Waals surface area contributed by atoms with E-state index in [1.165, 1.54) is 13.2 Å². The molecule has 1 rings (SSSR count). The zero-order valence-corrected chi connectivity index (χ0v) is 12.2. The van der Waals surface area contributed by atoms with E-state index in [0.29, 0.717) is 32.9 Å². The highest BCUT2D eigenvalue weighted by molar-refractivity contribution is 5.42. The van der Waals surface area contributed by atoms with Crippen LogP contribution >= 0.6 is 0 Å². The van der Waals surface area contributed by atoms with Crippen molar-refractivity contribution >= 4 is 0 Å². The third-order valence-corrected chi connectivity index (χ3v) is 2.63. The van der Waals surface area contributed by atoms with E-state index < -0.39 is 6.61 Å². The van der Waals surface area contributed by atoms with Crippen LogP contribution < -0.4 is 14.8 Å². The zero-order valence-electron chi connectivity index (χ0n) is 12.2. The van der Waals surface area contributed by atoms with Crippen molar-refractivity contribution in [2.75, 3.05) is 40.6 Å². The molecule has 0 unspecified atom stereocenters. The van der Waals surface area contributed by atoms with E-state index in [-0.39, 0.29) is 11.5 Å². The van der Waals surface area contributed by atoms with Crippen LogP contribution in [0.25, 0.3) is 0 Å². The molecule has 0 fully saturated rings. The van der Waals surface area contributed by atoms with Crippen LogP contribution in [0.4, 0.5) is 8.78 Å². The first kappa shape index (κ1) is 17.6. The van der Waals surface area contributed by atoms with Crippen LogP contribution in [0.2, 0.25) is 0 Å². The quantitative estimate of drug-likeness (QED) is 0.634. The maximum Gasteiger partial charge on any atom is 0.387 e. The lowest BCUT2D eigenvalue weighted by molar-refractivity contribution is -0.0512. The Morgan fingerprint density at radius 1 is 1.10 bits per heavy atom. The second-order valence-corrected chi connectivity index (χ2v) is 4.15. The summed E-state index contributed by atoms with van der Waals surface area (Å²) >= 11 is 0. The van der Waals surface area contributed by atoms with Crippen molar-refractivity contribution in [2.24, 2.45) is 0 Å². The van der Waals surface area contributed by atoms with Gasteiger partial charge in [-0.3, -0.25) is 0 Å². The lowest BCUT2D eigenvalue weighted by Gasteiger charge is -2.12. The third kappa shape index (κ3) is 7.22. The van der Waals surface area contributed by atoms with Crippen molar-refractivity contribution in [2.45, 2.75) is 13.2 Å². The SMILES string of the molecule is COCCOCCNCc1ccc(OC)c(OC(F)F)c1. The fourth-order valence-electron chi connectivity index (χ4n) is 1.64. The third-order valence-electron chi connectivity index (χ3n) is 2.63. The minimum atomic E-state index is -2.88. The van der Waals surface area contributed by atoms with Gasteiger partial charge in [0.1, 0.15) is 0 Å². The fourth-order valence-corrected chi connectivity index (χ4v) is 1.64. The number of hydrogen-bond donors (Lipinski definition) is 1. The first-order valence-electron chi connectivity index (χ1n) is 6.56. The number of halogens is 2. The molecule has 0 atom stereocenters. The Hall–Kier alpha value is -1.44. The van der Waals surface area contributed by atoms with Gasteiger partial charge in [-0.15, -0.1) is 0 Å². The van der Waals surface area contributed by atoms with Gasteiger partial charge in [-0.2, -0.15) is 8.78 Å². The molecule has 0 heterocycles. The molecule has 5 nitrogen and oxygen atoms in total. The summed E-state index contributed by atoms with van der Waals surface area (Å²) in [6, 6.07) is 4.92. The van der Waals surface area contributed by atoms with E-state index >= 15 is 0 Å². The smallest absolute Gasteiger partial charge is 0.387 e. The molecular weight excluding hydrogens is 284 g/mol. The highest BCUT2D eigenvalue weighted by Gasteiger charge is 2.11. The van der Waals surface area contributed by atoms with E-state index in [0.717, 1.165) is 5.56 Å². The second kappa shape index (κ2) is 10.3. The summed E-state index contributed by atoms with van der Waals surface area (Å²) in [7, 11) is 3.02. The molecule has 0 saturated carbocycles. The van der Waals surface area contributed by atoms with Crippen molar-refractivity contribution in [3.05, 3.63) is 23.8 Å². The van der Waals surface area contributed by atoms with Crippen molar-refractivity contribution in [1.29, 1.82) is 0 Å². The number of alkyl halides is 2. The Morgan fingerprint density at radius 3 is 2.57 bits per heavy atom. The van der Waals surface area contributed by atoms with Gasteiger partial charge in [-0.05, 0) is 17.7 Å². The van der Waals surface area contributed by atoms with Gasteiger partial charge in [0.25, 0.3) is 0 Å². The topological polar surface area (TPSA) is 49.0 Å². The number of nitrogens with one attached hydrogen (secondary N) is 1. The minimum absolute atomic E-state index is 0.0307. The predicted molar refractivity (Wildman–Crippen MR) is 74.0 cm³/mol. The van der Waals surface area contributed by atoms with E-state index in [9.17, 15) is 8.78 Å². The highest BCUT2D eigenvalue weighted by atomic mass is 19.3. The van der Waals surface area contributed by atoms with Crippen molar-refractivity contribution in [3.63, 3.8) is 0 Å². The van der Waals surface area contributed by atoms with Crippen molar-refractivity contribution < 1.29 is 27.7 Å².